The Labute approximate surface area is 91.4 Å². The fraction of sp³-hybridized carbons (Fsp3) is 0.909. The lowest BCUT2D eigenvalue weighted by Crippen LogP contribution is -2.41. The van der Waals surface area contributed by atoms with Crippen molar-refractivity contribution in [3.8, 4) is 0 Å². The molecule has 1 rings (SSSR count). The first-order chi connectivity index (χ1) is 7.27. The second-order valence-corrected chi connectivity index (χ2v) is 4.21. The van der Waals surface area contributed by atoms with Crippen molar-refractivity contribution in [2.75, 3.05) is 20.2 Å². The summed E-state index contributed by atoms with van der Waals surface area (Å²) in [4.78, 5) is 11.0. The Morgan fingerprint density at radius 2 is 2.13 bits per heavy atom. The molecule has 0 aliphatic heterocycles. The molecule has 3 N–H and O–H groups in total. The number of aliphatic hydroxyl groups is 1. The third kappa shape index (κ3) is 4.18. The van der Waals surface area contributed by atoms with Gasteiger partial charge in [-0.1, -0.05) is 12.8 Å². The molecule has 1 fully saturated rings. The first-order valence-electron chi connectivity index (χ1n) is 5.82. The van der Waals surface area contributed by atoms with Gasteiger partial charge in [-0.3, -0.25) is 4.79 Å². The van der Waals surface area contributed by atoms with E-state index >= 15 is 0 Å². The van der Waals surface area contributed by atoms with Gasteiger partial charge in [0.15, 0.2) is 0 Å². The van der Waals surface area contributed by atoms with Gasteiger partial charge in [0.2, 0.25) is 5.91 Å². The summed E-state index contributed by atoms with van der Waals surface area (Å²) in [5.41, 5.74) is 0. The predicted octanol–water partition coefficient (Wildman–Crippen LogP) is 0.263. The molecule has 0 aromatic rings. The van der Waals surface area contributed by atoms with Crippen LogP contribution in [0.4, 0.5) is 0 Å². The van der Waals surface area contributed by atoms with Crippen LogP contribution in [0.3, 0.4) is 0 Å². The van der Waals surface area contributed by atoms with Gasteiger partial charge in [-0.15, -0.1) is 0 Å². The van der Waals surface area contributed by atoms with Crippen LogP contribution in [0.2, 0.25) is 0 Å². The van der Waals surface area contributed by atoms with E-state index in [9.17, 15) is 9.90 Å². The molecule has 0 radical (unpaired) electrons. The van der Waals surface area contributed by atoms with E-state index in [2.05, 4.69) is 10.6 Å². The number of rotatable bonds is 5. The van der Waals surface area contributed by atoms with Gasteiger partial charge in [0.05, 0.1) is 0 Å². The number of amides is 1. The minimum atomic E-state index is 0.0684. The average Bonchev–Trinajstić information content (AvgIpc) is 2.29. The second-order valence-electron chi connectivity index (χ2n) is 4.21. The lowest BCUT2D eigenvalue weighted by Gasteiger charge is -2.30. The Morgan fingerprint density at radius 1 is 1.40 bits per heavy atom. The highest BCUT2D eigenvalue weighted by atomic mass is 16.3. The molecule has 15 heavy (non-hydrogen) atoms. The topological polar surface area (TPSA) is 61.4 Å². The minimum Gasteiger partial charge on any atom is -0.396 e. The number of nitrogens with one attached hydrogen (secondary N) is 2. The molecule has 2 atom stereocenters. The van der Waals surface area contributed by atoms with E-state index in [0.717, 1.165) is 12.8 Å². The van der Waals surface area contributed by atoms with Gasteiger partial charge in [-0.05, 0) is 18.8 Å². The van der Waals surface area contributed by atoms with E-state index in [0.29, 0.717) is 24.9 Å². The van der Waals surface area contributed by atoms with E-state index in [4.69, 9.17) is 0 Å². The third-order valence-electron chi connectivity index (χ3n) is 3.18. The molecule has 1 aliphatic rings. The molecule has 0 heterocycles. The molecule has 0 spiro atoms. The lowest BCUT2D eigenvalue weighted by molar-refractivity contribution is -0.120. The maximum Gasteiger partial charge on any atom is 0.221 e. The van der Waals surface area contributed by atoms with Crippen LogP contribution in [0.5, 0.6) is 0 Å². The van der Waals surface area contributed by atoms with Crippen molar-refractivity contribution in [2.24, 2.45) is 5.92 Å². The summed E-state index contributed by atoms with van der Waals surface area (Å²) in [6.07, 6.45) is 5.20. The number of carbonyl (C=O) groups excluding carboxylic acids is 1. The van der Waals surface area contributed by atoms with E-state index < -0.39 is 0 Å². The van der Waals surface area contributed by atoms with Gasteiger partial charge in [-0.2, -0.15) is 0 Å². The molecule has 0 aromatic carbocycles. The Morgan fingerprint density at radius 3 is 2.80 bits per heavy atom. The van der Waals surface area contributed by atoms with Crippen LogP contribution < -0.4 is 10.6 Å². The van der Waals surface area contributed by atoms with Crippen molar-refractivity contribution in [3.63, 3.8) is 0 Å². The highest BCUT2D eigenvalue weighted by Crippen LogP contribution is 2.23. The second kappa shape index (κ2) is 6.80. The van der Waals surface area contributed by atoms with Gasteiger partial charge < -0.3 is 15.7 Å². The number of hydrogen-bond donors (Lipinski definition) is 3. The standard InChI is InChI=1S/C11H22N2O2/c1-12-11(15)6-7-13-10-5-3-2-4-9(10)8-14/h9-10,13-14H,2-8H2,1H3,(H,12,15). The SMILES string of the molecule is CNC(=O)CCNC1CCCCC1CO. The van der Waals surface area contributed by atoms with Crippen molar-refractivity contribution in [1.29, 1.82) is 0 Å². The zero-order valence-electron chi connectivity index (χ0n) is 9.46. The summed E-state index contributed by atoms with van der Waals surface area (Å²) in [5, 5.41) is 15.2. The Balaban J connectivity index is 2.20. The van der Waals surface area contributed by atoms with E-state index in [-0.39, 0.29) is 12.5 Å². The summed E-state index contributed by atoms with van der Waals surface area (Å²) >= 11 is 0. The number of aliphatic hydroxyl groups excluding tert-OH is 1. The van der Waals surface area contributed by atoms with E-state index in [1.54, 1.807) is 7.05 Å². The number of hydrogen-bond acceptors (Lipinski definition) is 3. The van der Waals surface area contributed by atoms with Crippen LogP contribution in [0.1, 0.15) is 32.1 Å². The van der Waals surface area contributed by atoms with Crippen molar-refractivity contribution in [3.05, 3.63) is 0 Å². The van der Waals surface area contributed by atoms with Gasteiger partial charge in [0, 0.05) is 32.7 Å². The van der Waals surface area contributed by atoms with Crippen LogP contribution in [-0.4, -0.2) is 37.3 Å². The van der Waals surface area contributed by atoms with Crippen LogP contribution >= 0.6 is 0 Å². The molecular weight excluding hydrogens is 192 g/mol. The molecule has 1 aliphatic carbocycles. The van der Waals surface area contributed by atoms with Crippen LogP contribution in [-0.2, 0) is 4.79 Å². The van der Waals surface area contributed by atoms with Crippen LogP contribution in [0, 0.1) is 5.92 Å². The maximum atomic E-state index is 11.0. The zero-order valence-corrected chi connectivity index (χ0v) is 9.46. The third-order valence-corrected chi connectivity index (χ3v) is 3.18. The maximum absolute atomic E-state index is 11.0. The lowest BCUT2D eigenvalue weighted by atomic mass is 9.85. The van der Waals surface area contributed by atoms with Gasteiger partial charge >= 0.3 is 0 Å². The smallest absolute Gasteiger partial charge is 0.221 e. The monoisotopic (exact) mass is 214 g/mol. The summed E-state index contributed by atoms with van der Waals surface area (Å²) < 4.78 is 0. The Kier molecular flexibility index (Phi) is 5.65. The molecule has 1 saturated carbocycles. The van der Waals surface area contributed by atoms with Gasteiger partial charge in [0.1, 0.15) is 0 Å². The molecule has 4 heteroatoms. The van der Waals surface area contributed by atoms with E-state index in [1.165, 1.54) is 12.8 Å². The fourth-order valence-corrected chi connectivity index (χ4v) is 2.19. The highest BCUT2D eigenvalue weighted by Gasteiger charge is 2.23. The first-order valence-corrected chi connectivity index (χ1v) is 5.82. The minimum absolute atomic E-state index is 0.0684. The molecule has 0 aromatic heterocycles. The molecule has 0 bridgehead atoms. The van der Waals surface area contributed by atoms with Crippen LogP contribution in [0.25, 0.3) is 0 Å². The molecule has 0 saturated heterocycles. The highest BCUT2D eigenvalue weighted by molar-refractivity contribution is 5.75. The van der Waals surface area contributed by atoms with Gasteiger partial charge in [-0.25, -0.2) is 0 Å². The van der Waals surface area contributed by atoms with Crippen molar-refractivity contribution < 1.29 is 9.90 Å². The summed E-state index contributed by atoms with van der Waals surface area (Å²) in [5.74, 6) is 0.447. The Bertz CT molecular complexity index is 197. The summed E-state index contributed by atoms with van der Waals surface area (Å²) in [6.45, 7) is 0.971. The Hall–Kier alpha value is -0.610. The summed E-state index contributed by atoms with van der Waals surface area (Å²) in [7, 11) is 1.65. The average molecular weight is 214 g/mol. The largest absolute Gasteiger partial charge is 0.396 e. The molecule has 88 valence electrons. The van der Waals surface area contributed by atoms with Gasteiger partial charge in [0.25, 0.3) is 0 Å². The molecule has 2 unspecified atom stereocenters. The zero-order chi connectivity index (χ0) is 11.1. The van der Waals surface area contributed by atoms with Crippen molar-refractivity contribution in [2.45, 2.75) is 38.1 Å². The normalized spacial score (nSPS) is 26.3. The molecular formula is C11H22N2O2. The first kappa shape index (κ1) is 12.5. The quantitative estimate of drug-likeness (QED) is 0.615. The number of carbonyl (C=O) groups is 1. The predicted molar refractivity (Wildman–Crippen MR) is 59.5 cm³/mol. The van der Waals surface area contributed by atoms with E-state index in [1.807, 2.05) is 0 Å². The molecule has 4 nitrogen and oxygen atoms in total. The summed E-state index contributed by atoms with van der Waals surface area (Å²) in [6, 6.07) is 0.397. The van der Waals surface area contributed by atoms with Crippen molar-refractivity contribution in [1.82, 2.24) is 10.6 Å². The van der Waals surface area contributed by atoms with Crippen LogP contribution in [0.15, 0.2) is 0 Å². The fourth-order valence-electron chi connectivity index (χ4n) is 2.19. The van der Waals surface area contributed by atoms with Crippen molar-refractivity contribution >= 4 is 5.91 Å². The molecule has 1 amide bonds.